The molecule has 17 heavy (non-hydrogen) atoms. The Morgan fingerprint density at radius 1 is 1.41 bits per heavy atom. The molecule has 0 spiro atoms. The van der Waals surface area contributed by atoms with Crippen LogP contribution in [-0.4, -0.2) is 50.2 Å². The molecule has 0 unspecified atom stereocenters. The first-order valence-electron chi connectivity index (χ1n) is 6.64. The number of esters is 1. The lowest BCUT2D eigenvalue weighted by Crippen LogP contribution is -2.39. The van der Waals surface area contributed by atoms with Crippen molar-refractivity contribution in [2.75, 3.05) is 33.3 Å². The first-order chi connectivity index (χ1) is 8.11. The second-order valence-corrected chi connectivity index (χ2v) is 5.17. The first kappa shape index (κ1) is 14.5. The summed E-state index contributed by atoms with van der Waals surface area (Å²) in [6, 6.07) is 0.576. The van der Waals surface area contributed by atoms with Gasteiger partial charge in [-0.1, -0.05) is 13.8 Å². The largest absolute Gasteiger partial charge is 0.469 e. The third-order valence-electron chi connectivity index (χ3n) is 3.38. The molecule has 4 nitrogen and oxygen atoms in total. The molecule has 0 radical (unpaired) electrons. The normalized spacial score (nSPS) is 18.6. The standard InChI is InChI=1S/C13H26N2O2/c1-11(2)14-10-12-4-7-15(8-5-12)9-6-13(16)17-3/h11-12,14H,4-10H2,1-3H3. The lowest BCUT2D eigenvalue weighted by molar-refractivity contribution is -0.141. The van der Waals surface area contributed by atoms with Gasteiger partial charge in [0.2, 0.25) is 0 Å². The minimum absolute atomic E-state index is 0.103. The molecule has 1 aliphatic heterocycles. The maximum atomic E-state index is 11.0. The Kier molecular flexibility index (Phi) is 6.52. The minimum Gasteiger partial charge on any atom is -0.469 e. The molecule has 1 aliphatic rings. The summed E-state index contributed by atoms with van der Waals surface area (Å²) in [5.74, 6) is 0.695. The number of hydrogen-bond acceptors (Lipinski definition) is 4. The van der Waals surface area contributed by atoms with Crippen LogP contribution < -0.4 is 5.32 Å². The molecule has 1 saturated heterocycles. The maximum Gasteiger partial charge on any atom is 0.306 e. The van der Waals surface area contributed by atoms with E-state index in [2.05, 4.69) is 28.8 Å². The van der Waals surface area contributed by atoms with E-state index in [1.807, 2.05) is 0 Å². The van der Waals surface area contributed by atoms with Gasteiger partial charge < -0.3 is 15.0 Å². The van der Waals surface area contributed by atoms with Gasteiger partial charge in [-0.15, -0.1) is 0 Å². The highest BCUT2D eigenvalue weighted by atomic mass is 16.5. The van der Waals surface area contributed by atoms with Crippen LogP contribution in [0.2, 0.25) is 0 Å². The number of carbonyl (C=O) groups is 1. The van der Waals surface area contributed by atoms with E-state index in [1.54, 1.807) is 0 Å². The second-order valence-electron chi connectivity index (χ2n) is 5.17. The first-order valence-corrected chi connectivity index (χ1v) is 6.64. The fourth-order valence-corrected chi connectivity index (χ4v) is 2.17. The number of rotatable bonds is 6. The van der Waals surface area contributed by atoms with E-state index in [4.69, 9.17) is 0 Å². The molecule has 0 aromatic rings. The lowest BCUT2D eigenvalue weighted by atomic mass is 9.96. The van der Waals surface area contributed by atoms with Crippen molar-refractivity contribution in [3.05, 3.63) is 0 Å². The van der Waals surface area contributed by atoms with Gasteiger partial charge >= 0.3 is 5.97 Å². The number of methoxy groups -OCH3 is 1. The highest BCUT2D eigenvalue weighted by molar-refractivity contribution is 5.69. The zero-order chi connectivity index (χ0) is 12.7. The Labute approximate surface area is 105 Å². The number of hydrogen-bond donors (Lipinski definition) is 1. The molecule has 1 heterocycles. The highest BCUT2D eigenvalue weighted by Crippen LogP contribution is 2.16. The summed E-state index contributed by atoms with van der Waals surface area (Å²) in [7, 11) is 1.45. The molecule has 1 N–H and O–H groups in total. The number of likely N-dealkylation sites (tertiary alicyclic amines) is 1. The predicted octanol–water partition coefficient (Wildman–Crippen LogP) is 1.26. The smallest absolute Gasteiger partial charge is 0.306 e. The van der Waals surface area contributed by atoms with Crippen LogP contribution in [0, 0.1) is 5.92 Å². The fourth-order valence-electron chi connectivity index (χ4n) is 2.17. The lowest BCUT2D eigenvalue weighted by Gasteiger charge is -2.32. The number of carbonyl (C=O) groups excluding carboxylic acids is 1. The van der Waals surface area contributed by atoms with Crippen molar-refractivity contribution in [2.45, 2.75) is 39.2 Å². The van der Waals surface area contributed by atoms with E-state index in [1.165, 1.54) is 20.0 Å². The maximum absolute atomic E-state index is 11.0. The van der Waals surface area contributed by atoms with Crippen LogP contribution in [-0.2, 0) is 9.53 Å². The van der Waals surface area contributed by atoms with E-state index in [0.717, 1.165) is 32.1 Å². The molecule has 0 bridgehead atoms. The second kappa shape index (κ2) is 7.67. The van der Waals surface area contributed by atoms with Crippen LogP contribution in [0.4, 0.5) is 0 Å². The predicted molar refractivity (Wildman–Crippen MR) is 68.9 cm³/mol. The van der Waals surface area contributed by atoms with E-state index < -0.39 is 0 Å². The zero-order valence-corrected chi connectivity index (χ0v) is 11.4. The van der Waals surface area contributed by atoms with Gasteiger partial charge in [0.15, 0.2) is 0 Å². The third kappa shape index (κ3) is 6.03. The quantitative estimate of drug-likeness (QED) is 0.712. The molecule has 1 fully saturated rings. The van der Waals surface area contributed by atoms with Crippen molar-refractivity contribution in [1.82, 2.24) is 10.2 Å². The van der Waals surface area contributed by atoms with Gasteiger partial charge in [-0.05, 0) is 38.4 Å². The van der Waals surface area contributed by atoms with Crippen molar-refractivity contribution in [3.63, 3.8) is 0 Å². The summed E-state index contributed by atoms with van der Waals surface area (Å²) in [6.07, 6.45) is 2.99. The van der Waals surface area contributed by atoms with Crippen molar-refractivity contribution in [1.29, 1.82) is 0 Å². The summed E-state index contributed by atoms with van der Waals surface area (Å²) in [4.78, 5) is 13.4. The van der Waals surface area contributed by atoms with Crippen molar-refractivity contribution in [3.8, 4) is 0 Å². The van der Waals surface area contributed by atoms with Gasteiger partial charge in [0.05, 0.1) is 13.5 Å². The Morgan fingerprint density at radius 2 is 2.06 bits per heavy atom. The number of ether oxygens (including phenoxy) is 1. The number of piperidine rings is 1. The van der Waals surface area contributed by atoms with E-state index in [9.17, 15) is 4.79 Å². The van der Waals surface area contributed by atoms with Gasteiger partial charge in [-0.3, -0.25) is 4.79 Å². The fraction of sp³-hybridized carbons (Fsp3) is 0.923. The minimum atomic E-state index is -0.103. The van der Waals surface area contributed by atoms with Crippen LogP contribution in [0.25, 0.3) is 0 Å². The molecule has 0 atom stereocenters. The molecule has 0 amide bonds. The monoisotopic (exact) mass is 242 g/mol. The van der Waals surface area contributed by atoms with Crippen molar-refractivity contribution in [2.24, 2.45) is 5.92 Å². The third-order valence-corrected chi connectivity index (χ3v) is 3.38. The van der Waals surface area contributed by atoms with Crippen LogP contribution in [0.1, 0.15) is 33.1 Å². The van der Waals surface area contributed by atoms with Crippen LogP contribution >= 0.6 is 0 Å². The van der Waals surface area contributed by atoms with Crippen molar-refractivity contribution >= 4 is 5.97 Å². The zero-order valence-electron chi connectivity index (χ0n) is 11.4. The van der Waals surface area contributed by atoms with E-state index in [-0.39, 0.29) is 5.97 Å². The molecule has 0 saturated carbocycles. The Balaban J connectivity index is 2.11. The van der Waals surface area contributed by atoms with Crippen molar-refractivity contribution < 1.29 is 9.53 Å². The SMILES string of the molecule is COC(=O)CCN1CCC(CNC(C)C)CC1. The van der Waals surface area contributed by atoms with E-state index in [0.29, 0.717) is 12.5 Å². The van der Waals surface area contributed by atoms with Gasteiger partial charge in [0, 0.05) is 12.6 Å². The Hall–Kier alpha value is -0.610. The van der Waals surface area contributed by atoms with Gasteiger partial charge in [-0.25, -0.2) is 0 Å². The summed E-state index contributed by atoms with van der Waals surface area (Å²) in [5, 5.41) is 3.50. The van der Waals surface area contributed by atoms with Crippen LogP contribution in [0.3, 0.4) is 0 Å². The molecule has 4 heteroatoms. The van der Waals surface area contributed by atoms with Gasteiger partial charge in [0.25, 0.3) is 0 Å². The summed E-state index contributed by atoms with van der Waals surface area (Å²) < 4.78 is 4.65. The van der Waals surface area contributed by atoms with E-state index >= 15 is 0 Å². The molecular weight excluding hydrogens is 216 g/mol. The Morgan fingerprint density at radius 3 is 2.59 bits per heavy atom. The molecule has 1 rings (SSSR count). The molecule has 100 valence electrons. The Bertz CT molecular complexity index is 223. The van der Waals surface area contributed by atoms with Crippen LogP contribution in [0.5, 0.6) is 0 Å². The van der Waals surface area contributed by atoms with Gasteiger partial charge in [-0.2, -0.15) is 0 Å². The molecular formula is C13H26N2O2. The summed E-state index contributed by atoms with van der Waals surface area (Å²) in [5.41, 5.74) is 0. The molecule has 0 aromatic heterocycles. The topological polar surface area (TPSA) is 41.6 Å². The van der Waals surface area contributed by atoms with Crippen LogP contribution in [0.15, 0.2) is 0 Å². The number of nitrogens with one attached hydrogen (secondary N) is 1. The highest BCUT2D eigenvalue weighted by Gasteiger charge is 2.19. The molecule has 0 aliphatic carbocycles. The average Bonchev–Trinajstić information content (AvgIpc) is 2.34. The molecule has 0 aromatic carbocycles. The average molecular weight is 242 g/mol. The summed E-state index contributed by atoms with van der Waals surface area (Å²) in [6.45, 7) is 8.57. The summed E-state index contributed by atoms with van der Waals surface area (Å²) >= 11 is 0. The number of nitrogens with zero attached hydrogens (tertiary/aromatic N) is 1. The van der Waals surface area contributed by atoms with Gasteiger partial charge in [0.1, 0.15) is 0 Å².